The molecule has 0 fully saturated rings. The van der Waals surface area contributed by atoms with Crippen molar-refractivity contribution < 1.29 is 0 Å². The summed E-state index contributed by atoms with van der Waals surface area (Å²) in [6.45, 7) is 8.68. The van der Waals surface area contributed by atoms with Crippen molar-refractivity contribution >= 4 is 5.65 Å². The van der Waals surface area contributed by atoms with Crippen molar-refractivity contribution in [3.63, 3.8) is 0 Å². The smallest absolute Gasteiger partial charge is 0.261 e. The molecule has 19 heavy (non-hydrogen) atoms. The zero-order valence-electron chi connectivity index (χ0n) is 12.0. The molecule has 3 rings (SSSR count). The van der Waals surface area contributed by atoms with Gasteiger partial charge in [0.05, 0.1) is 5.69 Å². The molecule has 3 nitrogen and oxygen atoms in total. The van der Waals surface area contributed by atoms with Gasteiger partial charge in [0, 0.05) is 11.3 Å². The summed E-state index contributed by atoms with van der Waals surface area (Å²) in [6, 6.07) is 5.83. The molecule has 100 valence electrons. The Kier molecular flexibility index (Phi) is 2.56. The molecular formula is C16H20N2O. The molecule has 0 N–H and O–H groups in total. The first-order chi connectivity index (χ1) is 8.88. The van der Waals surface area contributed by atoms with Crippen molar-refractivity contribution in [1.29, 1.82) is 0 Å². The SMILES string of the molecule is Cc1cccc2nc3c(c(=O)n12)CC(C(C)(C)C)C3. The van der Waals surface area contributed by atoms with Gasteiger partial charge in [-0.3, -0.25) is 9.20 Å². The lowest BCUT2D eigenvalue weighted by atomic mass is 9.79. The van der Waals surface area contributed by atoms with Gasteiger partial charge < -0.3 is 0 Å². The van der Waals surface area contributed by atoms with Crippen LogP contribution in [0.3, 0.4) is 0 Å². The maximum atomic E-state index is 12.6. The van der Waals surface area contributed by atoms with Crippen molar-refractivity contribution in [2.75, 3.05) is 0 Å². The van der Waals surface area contributed by atoms with Gasteiger partial charge in [-0.05, 0) is 43.2 Å². The van der Waals surface area contributed by atoms with E-state index in [1.165, 1.54) is 0 Å². The Morgan fingerprint density at radius 1 is 1.26 bits per heavy atom. The van der Waals surface area contributed by atoms with E-state index in [9.17, 15) is 4.79 Å². The molecule has 2 aromatic rings. The zero-order valence-corrected chi connectivity index (χ0v) is 12.0. The van der Waals surface area contributed by atoms with Crippen LogP contribution in [0.4, 0.5) is 0 Å². The van der Waals surface area contributed by atoms with E-state index in [0.717, 1.165) is 35.4 Å². The summed E-state index contributed by atoms with van der Waals surface area (Å²) in [6.07, 6.45) is 1.79. The predicted octanol–water partition coefficient (Wildman–Crippen LogP) is 2.76. The van der Waals surface area contributed by atoms with E-state index >= 15 is 0 Å². The minimum Gasteiger partial charge on any atom is -0.269 e. The van der Waals surface area contributed by atoms with Gasteiger partial charge in [-0.2, -0.15) is 0 Å². The minimum absolute atomic E-state index is 0.129. The van der Waals surface area contributed by atoms with Crippen molar-refractivity contribution in [3.8, 4) is 0 Å². The molecule has 0 saturated carbocycles. The third-order valence-corrected chi connectivity index (χ3v) is 4.34. The third-order valence-electron chi connectivity index (χ3n) is 4.34. The summed E-state index contributed by atoms with van der Waals surface area (Å²) in [4.78, 5) is 17.3. The van der Waals surface area contributed by atoms with Crippen molar-refractivity contribution in [2.45, 2.75) is 40.5 Å². The molecule has 0 aromatic carbocycles. The fraction of sp³-hybridized carbons (Fsp3) is 0.500. The monoisotopic (exact) mass is 256 g/mol. The van der Waals surface area contributed by atoms with Gasteiger partial charge in [-0.25, -0.2) is 4.98 Å². The van der Waals surface area contributed by atoms with E-state index in [0.29, 0.717) is 5.92 Å². The Bertz CT molecular complexity index is 707. The molecule has 0 radical (unpaired) electrons. The van der Waals surface area contributed by atoms with E-state index in [2.05, 4.69) is 20.8 Å². The second kappa shape index (κ2) is 3.92. The lowest BCUT2D eigenvalue weighted by molar-refractivity contribution is 0.250. The molecule has 1 unspecified atom stereocenters. The van der Waals surface area contributed by atoms with Crippen molar-refractivity contribution in [3.05, 3.63) is 45.5 Å². The fourth-order valence-electron chi connectivity index (χ4n) is 2.96. The number of aryl methyl sites for hydroxylation is 1. The average molecular weight is 256 g/mol. The summed E-state index contributed by atoms with van der Waals surface area (Å²) in [5.41, 5.74) is 4.02. The number of fused-ring (bicyclic) bond motifs is 2. The van der Waals surface area contributed by atoms with Gasteiger partial charge in [-0.15, -0.1) is 0 Å². The average Bonchev–Trinajstić information content (AvgIpc) is 2.73. The fourth-order valence-corrected chi connectivity index (χ4v) is 2.96. The Morgan fingerprint density at radius 2 is 2.00 bits per heavy atom. The van der Waals surface area contributed by atoms with Crippen LogP contribution in [-0.4, -0.2) is 9.38 Å². The number of nitrogens with zero attached hydrogens (tertiary/aromatic N) is 2. The van der Waals surface area contributed by atoms with Gasteiger partial charge in [0.1, 0.15) is 5.65 Å². The van der Waals surface area contributed by atoms with Crippen LogP contribution in [0, 0.1) is 18.3 Å². The lowest BCUT2D eigenvalue weighted by Crippen LogP contribution is -2.23. The predicted molar refractivity (Wildman–Crippen MR) is 76.6 cm³/mol. The number of hydrogen-bond acceptors (Lipinski definition) is 2. The molecule has 2 aromatic heterocycles. The number of pyridine rings is 1. The molecule has 1 atom stereocenters. The van der Waals surface area contributed by atoms with Crippen LogP contribution >= 0.6 is 0 Å². The highest BCUT2D eigenvalue weighted by molar-refractivity contribution is 5.43. The molecule has 1 aliphatic carbocycles. The molecule has 1 aliphatic rings. The quantitative estimate of drug-likeness (QED) is 0.726. The van der Waals surface area contributed by atoms with E-state index in [1.54, 1.807) is 4.40 Å². The first-order valence-electron chi connectivity index (χ1n) is 6.88. The van der Waals surface area contributed by atoms with Gasteiger partial charge >= 0.3 is 0 Å². The summed E-state index contributed by atoms with van der Waals surface area (Å²) in [5, 5.41) is 0. The van der Waals surface area contributed by atoms with E-state index in [1.807, 2.05) is 25.1 Å². The lowest BCUT2D eigenvalue weighted by Gasteiger charge is -2.26. The molecule has 0 bridgehead atoms. The first-order valence-corrected chi connectivity index (χ1v) is 6.88. The van der Waals surface area contributed by atoms with E-state index in [-0.39, 0.29) is 11.0 Å². The van der Waals surface area contributed by atoms with Gasteiger partial charge in [0.15, 0.2) is 0 Å². The topological polar surface area (TPSA) is 34.4 Å². The molecule has 0 spiro atoms. The number of rotatable bonds is 0. The Labute approximate surface area is 113 Å². The summed E-state index contributed by atoms with van der Waals surface area (Å²) in [7, 11) is 0. The Morgan fingerprint density at radius 3 is 2.68 bits per heavy atom. The minimum atomic E-state index is 0.129. The Balaban J connectivity index is 2.22. The van der Waals surface area contributed by atoms with Crippen molar-refractivity contribution in [2.24, 2.45) is 11.3 Å². The largest absolute Gasteiger partial charge is 0.269 e. The number of aromatic nitrogens is 2. The second-order valence-corrected chi connectivity index (χ2v) is 6.67. The van der Waals surface area contributed by atoms with Crippen LogP contribution in [0.5, 0.6) is 0 Å². The van der Waals surface area contributed by atoms with Crippen LogP contribution in [-0.2, 0) is 12.8 Å². The molecule has 0 amide bonds. The molecule has 0 saturated heterocycles. The summed E-state index contributed by atoms with van der Waals surface area (Å²) >= 11 is 0. The van der Waals surface area contributed by atoms with Crippen LogP contribution in [0.25, 0.3) is 5.65 Å². The van der Waals surface area contributed by atoms with Crippen LogP contribution in [0.1, 0.15) is 37.7 Å². The highest BCUT2D eigenvalue weighted by Crippen LogP contribution is 2.36. The van der Waals surface area contributed by atoms with E-state index in [4.69, 9.17) is 4.98 Å². The molecule has 3 heteroatoms. The number of hydrogen-bond donors (Lipinski definition) is 0. The maximum Gasteiger partial charge on any atom is 0.261 e. The summed E-state index contributed by atoms with van der Waals surface area (Å²) < 4.78 is 1.74. The highest BCUT2D eigenvalue weighted by Gasteiger charge is 2.34. The van der Waals surface area contributed by atoms with Crippen LogP contribution in [0.2, 0.25) is 0 Å². The van der Waals surface area contributed by atoms with Crippen LogP contribution < -0.4 is 5.56 Å². The highest BCUT2D eigenvalue weighted by atomic mass is 16.1. The van der Waals surface area contributed by atoms with Gasteiger partial charge in [0.25, 0.3) is 5.56 Å². The zero-order chi connectivity index (χ0) is 13.8. The second-order valence-electron chi connectivity index (χ2n) is 6.67. The maximum absolute atomic E-state index is 12.6. The first kappa shape index (κ1) is 12.4. The third kappa shape index (κ3) is 1.88. The van der Waals surface area contributed by atoms with Gasteiger partial charge in [0.2, 0.25) is 0 Å². The van der Waals surface area contributed by atoms with Crippen LogP contribution in [0.15, 0.2) is 23.0 Å². The van der Waals surface area contributed by atoms with Gasteiger partial charge in [-0.1, -0.05) is 26.8 Å². The molecule has 0 aliphatic heterocycles. The normalized spacial score (nSPS) is 18.8. The molecule has 2 heterocycles. The molecular weight excluding hydrogens is 236 g/mol. The standard InChI is InChI=1S/C16H20N2O/c1-10-6-5-7-14-17-13-9-11(16(2,3)4)8-12(13)15(19)18(10)14/h5-7,11H,8-9H2,1-4H3. The summed E-state index contributed by atoms with van der Waals surface area (Å²) in [5.74, 6) is 0.514. The Hall–Kier alpha value is -1.64. The van der Waals surface area contributed by atoms with Crippen molar-refractivity contribution in [1.82, 2.24) is 9.38 Å². The van der Waals surface area contributed by atoms with E-state index < -0.39 is 0 Å².